The lowest BCUT2D eigenvalue weighted by molar-refractivity contribution is -0.127. The summed E-state index contributed by atoms with van der Waals surface area (Å²) in [5.41, 5.74) is 3.88. The summed E-state index contributed by atoms with van der Waals surface area (Å²) in [5.74, 6) is -0.829. The predicted molar refractivity (Wildman–Crippen MR) is 50.8 cm³/mol. The molecular formula is C9H15N3O2. The van der Waals surface area contributed by atoms with Gasteiger partial charge in [-0.2, -0.15) is 5.26 Å². The largest absolute Gasteiger partial charge is 0.370 e. The van der Waals surface area contributed by atoms with Crippen LogP contribution in [0.5, 0.6) is 0 Å². The van der Waals surface area contributed by atoms with Gasteiger partial charge in [-0.25, -0.2) is 0 Å². The van der Waals surface area contributed by atoms with Crippen molar-refractivity contribution in [2.75, 3.05) is 6.54 Å². The van der Waals surface area contributed by atoms with E-state index >= 15 is 0 Å². The minimum absolute atomic E-state index is 0.0942. The van der Waals surface area contributed by atoms with Crippen LogP contribution in [0.4, 0.5) is 0 Å². The van der Waals surface area contributed by atoms with Gasteiger partial charge in [-0.3, -0.25) is 9.59 Å². The van der Waals surface area contributed by atoms with E-state index in [0.717, 1.165) is 0 Å². The van der Waals surface area contributed by atoms with Crippen LogP contribution in [0.25, 0.3) is 0 Å². The zero-order valence-corrected chi connectivity index (χ0v) is 8.46. The SMILES string of the molecule is CCC(C)(C#N)C(=O)NCCC(N)=O. The highest BCUT2D eigenvalue weighted by Crippen LogP contribution is 2.19. The van der Waals surface area contributed by atoms with Crippen LogP contribution >= 0.6 is 0 Å². The molecule has 78 valence electrons. The smallest absolute Gasteiger partial charge is 0.240 e. The quantitative estimate of drug-likeness (QED) is 0.645. The summed E-state index contributed by atoms with van der Waals surface area (Å²) in [4.78, 5) is 21.8. The highest BCUT2D eigenvalue weighted by molar-refractivity contribution is 5.85. The summed E-state index contributed by atoms with van der Waals surface area (Å²) in [6.45, 7) is 3.51. The Kier molecular flexibility index (Phi) is 4.64. The number of primary amides is 1. The van der Waals surface area contributed by atoms with Crippen LogP contribution in [0, 0.1) is 16.7 Å². The summed E-state index contributed by atoms with van der Waals surface area (Å²) in [7, 11) is 0. The standard InChI is InChI=1S/C9H15N3O2/c1-3-9(2,6-10)8(14)12-5-4-7(11)13/h3-5H2,1-2H3,(H2,11,13)(H,12,14). The maximum absolute atomic E-state index is 11.4. The van der Waals surface area contributed by atoms with E-state index in [1.54, 1.807) is 13.8 Å². The van der Waals surface area contributed by atoms with Gasteiger partial charge in [0.15, 0.2) is 0 Å². The molecule has 0 aromatic heterocycles. The van der Waals surface area contributed by atoms with E-state index < -0.39 is 11.3 Å². The van der Waals surface area contributed by atoms with Crippen molar-refractivity contribution < 1.29 is 9.59 Å². The second kappa shape index (κ2) is 5.22. The van der Waals surface area contributed by atoms with Crippen molar-refractivity contribution in [1.29, 1.82) is 5.26 Å². The van der Waals surface area contributed by atoms with E-state index in [2.05, 4.69) is 5.32 Å². The fraction of sp³-hybridized carbons (Fsp3) is 0.667. The Morgan fingerprint density at radius 3 is 2.50 bits per heavy atom. The Morgan fingerprint density at radius 1 is 1.57 bits per heavy atom. The van der Waals surface area contributed by atoms with E-state index in [-0.39, 0.29) is 18.9 Å². The number of nitrogens with one attached hydrogen (secondary N) is 1. The average Bonchev–Trinajstić information content (AvgIpc) is 2.15. The highest BCUT2D eigenvalue weighted by Gasteiger charge is 2.30. The molecule has 5 nitrogen and oxygen atoms in total. The summed E-state index contributed by atoms with van der Waals surface area (Å²) in [6.07, 6.45) is 0.531. The fourth-order valence-corrected chi connectivity index (χ4v) is 0.785. The molecule has 0 spiro atoms. The van der Waals surface area contributed by atoms with Crippen LogP contribution in [0.3, 0.4) is 0 Å². The number of hydrogen-bond acceptors (Lipinski definition) is 3. The first kappa shape index (κ1) is 12.4. The second-order valence-electron chi connectivity index (χ2n) is 3.27. The van der Waals surface area contributed by atoms with Crippen LogP contribution in [0.1, 0.15) is 26.7 Å². The lowest BCUT2D eigenvalue weighted by Crippen LogP contribution is -2.39. The number of hydrogen-bond donors (Lipinski definition) is 2. The van der Waals surface area contributed by atoms with Crippen LogP contribution in [-0.2, 0) is 9.59 Å². The maximum atomic E-state index is 11.4. The average molecular weight is 197 g/mol. The van der Waals surface area contributed by atoms with Gasteiger partial charge in [0.1, 0.15) is 5.41 Å². The monoisotopic (exact) mass is 197 g/mol. The third kappa shape index (κ3) is 3.44. The van der Waals surface area contributed by atoms with Crippen molar-refractivity contribution >= 4 is 11.8 Å². The number of carbonyl (C=O) groups is 2. The molecule has 0 aromatic rings. The molecule has 0 aromatic carbocycles. The zero-order valence-electron chi connectivity index (χ0n) is 8.46. The Bertz CT molecular complexity index is 270. The van der Waals surface area contributed by atoms with Gasteiger partial charge in [0, 0.05) is 13.0 Å². The van der Waals surface area contributed by atoms with Gasteiger partial charge in [-0.15, -0.1) is 0 Å². The van der Waals surface area contributed by atoms with Crippen LogP contribution in [0.15, 0.2) is 0 Å². The third-order valence-electron chi connectivity index (χ3n) is 2.11. The molecule has 0 saturated carbocycles. The van der Waals surface area contributed by atoms with Crippen molar-refractivity contribution in [2.24, 2.45) is 11.1 Å². The van der Waals surface area contributed by atoms with Crippen molar-refractivity contribution in [3.8, 4) is 6.07 Å². The first-order chi connectivity index (χ1) is 6.46. The first-order valence-electron chi connectivity index (χ1n) is 4.44. The first-order valence-corrected chi connectivity index (χ1v) is 4.44. The summed E-state index contributed by atoms with van der Waals surface area (Å²) < 4.78 is 0. The van der Waals surface area contributed by atoms with Gasteiger partial charge in [0.2, 0.25) is 11.8 Å². The molecule has 1 unspecified atom stereocenters. The van der Waals surface area contributed by atoms with Crippen molar-refractivity contribution in [3.63, 3.8) is 0 Å². The summed E-state index contributed by atoms with van der Waals surface area (Å²) >= 11 is 0. The van der Waals surface area contributed by atoms with Gasteiger partial charge in [0.25, 0.3) is 0 Å². The van der Waals surface area contributed by atoms with Gasteiger partial charge >= 0.3 is 0 Å². The zero-order chi connectivity index (χ0) is 11.2. The summed E-state index contributed by atoms with van der Waals surface area (Å²) in [6, 6.07) is 1.94. The number of nitrogens with zero attached hydrogens (tertiary/aromatic N) is 1. The van der Waals surface area contributed by atoms with Crippen LogP contribution in [-0.4, -0.2) is 18.4 Å². The molecule has 0 heterocycles. The molecule has 0 rings (SSSR count). The minimum atomic E-state index is -1.02. The van der Waals surface area contributed by atoms with Crippen molar-refractivity contribution in [3.05, 3.63) is 0 Å². The molecule has 1 atom stereocenters. The van der Waals surface area contributed by atoms with E-state index in [1.165, 1.54) is 0 Å². The van der Waals surface area contributed by atoms with Crippen LogP contribution < -0.4 is 11.1 Å². The maximum Gasteiger partial charge on any atom is 0.240 e. The number of nitrogens with two attached hydrogens (primary N) is 1. The molecule has 3 N–H and O–H groups in total. The Hall–Kier alpha value is -1.57. The number of rotatable bonds is 5. The molecule has 5 heteroatoms. The van der Waals surface area contributed by atoms with Gasteiger partial charge in [-0.1, -0.05) is 6.92 Å². The molecule has 0 aliphatic rings. The number of carbonyl (C=O) groups excluding carboxylic acids is 2. The highest BCUT2D eigenvalue weighted by atomic mass is 16.2. The van der Waals surface area contributed by atoms with Crippen LogP contribution in [0.2, 0.25) is 0 Å². The molecular weight excluding hydrogens is 182 g/mol. The molecule has 0 aliphatic heterocycles. The van der Waals surface area contributed by atoms with Crippen molar-refractivity contribution in [2.45, 2.75) is 26.7 Å². The van der Waals surface area contributed by atoms with Gasteiger partial charge < -0.3 is 11.1 Å². The normalized spacial score (nSPS) is 13.8. The predicted octanol–water partition coefficient (Wildman–Crippen LogP) is -0.0821. The van der Waals surface area contributed by atoms with E-state index in [1.807, 2.05) is 6.07 Å². The minimum Gasteiger partial charge on any atom is -0.370 e. The number of nitriles is 1. The Balaban J connectivity index is 4.09. The number of amides is 2. The molecule has 0 fully saturated rings. The van der Waals surface area contributed by atoms with Crippen molar-refractivity contribution in [1.82, 2.24) is 5.32 Å². The molecule has 14 heavy (non-hydrogen) atoms. The van der Waals surface area contributed by atoms with Gasteiger partial charge in [0.05, 0.1) is 6.07 Å². The fourth-order valence-electron chi connectivity index (χ4n) is 0.785. The molecule has 0 radical (unpaired) electrons. The Labute approximate surface area is 83.3 Å². The van der Waals surface area contributed by atoms with E-state index in [0.29, 0.717) is 6.42 Å². The molecule has 0 saturated heterocycles. The lowest BCUT2D eigenvalue weighted by Gasteiger charge is -2.17. The topological polar surface area (TPSA) is 96.0 Å². The summed E-state index contributed by atoms with van der Waals surface area (Å²) in [5, 5.41) is 11.3. The lowest BCUT2D eigenvalue weighted by atomic mass is 9.88. The van der Waals surface area contributed by atoms with E-state index in [9.17, 15) is 9.59 Å². The van der Waals surface area contributed by atoms with Gasteiger partial charge in [-0.05, 0) is 13.3 Å². The molecule has 0 bridgehead atoms. The third-order valence-corrected chi connectivity index (χ3v) is 2.11. The second-order valence-corrected chi connectivity index (χ2v) is 3.27. The van der Waals surface area contributed by atoms with E-state index in [4.69, 9.17) is 11.0 Å². The molecule has 2 amide bonds. The Morgan fingerprint density at radius 2 is 2.14 bits per heavy atom. The molecule has 0 aliphatic carbocycles.